The first kappa shape index (κ1) is 11.9. The maximum Gasteiger partial charge on any atom is 0.238 e. The van der Waals surface area contributed by atoms with E-state index < -0.39 is 9.84 Å². The molecule has 2 rings (SSSR count). The molecule has 0 aliphatic rings. The molecule has 0 unspecified atom stereocenters. The van der Waals surface area contributed by atoms with Gasteiger partial charge in [0.2, 0.25) is 4.77 Å². The van der Waals surface area contributed by atoms with Crippen LogP contribution in [0.2, 0.25) is 0 Å². The SMILES string of the molecule is CS(=O)(=O)c1ccc(Cn2[nH]nnc2=S)cc1. The van der Waals surface area contributed by atoms with Gasteiger partial charge >= 0.3 is 0 Å². The van der Waals surface area contributed by atoms with E-state index in [1.807, 2.05) is 0 Å². The monoisotopic (exact) mass is 270 g/mol. The number of nitrogens with one attached hydrogen (secondary N) is 1. The Morgan fingerprint density at radius 1 is 1.35 bits per heavy atom. The molecule has 0 atom stereocenters. The molecule has 0 aliphatic carbocycles. The fourth-order valence-electron chi connectivity index (χ4n) is 1.34. The number of aromatic amines is 1. The zero-order valence-electron chi connectivity index (χ0n) is 8.99. The second-order valence-electron chi connectivity index (χ2n) is 3.58. The highest BCUT2D eigenvalue weighted by Gasteiger charge is 2.06. The van der Waals surface area contributed by atoms with E-state index in [1.54, 1.807) is 28.9 Å². The molecule has 6 nitrogen and oxygen atoms in total. The molecule has 1 N–H and O–H groups in total. The number of aromatic nitrogens is 4. The van der Waals surface area contributed by atoms with Crippen LogP contribution in [0.15, 0.2) is 29.2 Å². The highest BCUT2D eigenvalue weighted by Crippen LogP contribution is 2.10. The predicted molar refractivity (Wildman–Crippen MR) is 63.9 cm³/mol. The van der Waals surface area contributed by atoms with Crippen molar-refractivity contribution in [2.45, 2.75) is 11.4 Å². The van der Waals surface area contributed by atoms with Crippen LogP contribution in [0.25, 0.3) is 0 Å². The van der Waals surface area contributed by atoms with Gasteiger partial charge in [0.1, 0.15) is 0 Å². The van der Waals surface area contributed by atoms with Gasteiger partial charge in [-0.25, -0.2) is 13.1 Å². The van der Waals surface area contributed by atoms with Gasteiger partial charge in [-0.1, -0.05) is 22.4 Å². The summed E-state index contributed by atoms with van der Waals surface area (Å²) in [6, 6.07) is 6.61. The minimum absolute atomic E-state index is 0.299. The van der Waals surface area contributed by atoms with Crippen molar-refractivity contribution >= 4 is 22.1 Å². The molecule has 0 saturated heterocycles. The molecule has 0 bridgehead atoms. The van der Waals surface area contributed by atoms with Crippen LogP contribution in [0.1, 0.15) is 5.56 Å². The first-order chi connectivity index (χ1) is 7.97. The summed E-state index contributed by atoms with van der Waals surface area (Å²) in [5.74, 6) is 0. The maximum absolute atomic E-state index is 11.3. The Labute approximate surface area is 103 Å². The normalized spacial score (nSPS) is 11.6. The van der Waals surface area contributed by atoms with Gasteiger partial charge in [-0.2, -0.15) is 5.21 Å². The van der Waals surface area contributed by atoms with Gasteiger partial charge in [0, 0.05) is 6.26 Å². The zero-order valence-corrected chi connectivity index (χ0v) is 10.6. The van der Waals surface area contributed by atoms with Crippen molar-refractivity contribution in [3.63, 3.8) is 0 Å². The van der Waals surface area contributed by atoms with Crippen molar-refractivity contribution in [1.29, 1.82) is 0 Å². The largest absolute Gasteiger partial charge is 0.238 e. The second-order valence-corrected chi connectivity index (χ2v) is 5.97. The molecule has 0 spiro atoms. The lowest BCUT2D eigenvalue weighted by Crippen LogP contribution is -2.03. The summed E-state index contributed by atoms with van der Waals surface area (Å²) in [7, 11) is -3.15. The summed E-state index contributed by atoms with van der Waals surface area (Å²) in [5, 5.41) is 9.84. The molecular weight excluding hydrogens is 260 g/mol. The van der Waals surface area contributed by atoms with Crippen LogP contribution < -0.4 is 0 Å². The number of nitrogens with zero attached hydrogens (tertiary/aromatic N) is 3. The standard InChI is InChI=1S/C9H10N4O2S2/c1-17(14,15)8-4-2-7(3-5-8)6-13-9(16)10-11-12-13/h2-5H,6H2,1H3,(H,10,12,16). The van der Waals surface area contributed by atoms with Crippen molar-refractivity contribution in [3.8, 4) is 0 Å². The van der Waals surface area contributed by atoms with Gasteiger partial charge in [-0.05, 0) is 29.9 Å². The molecule has 0 amide bonds. The van der Waals surface area contributed by atoms with Crippen molar-refractivity contribution in [1.82, 2.24) is 20.2 Å². The number of H-pyrrole nitrogens is 1. The summed E-state index contributed by atoms with van der Waals surface area (Å²) in [6.07, 6.45) is 1.18. The minimum atomic E-state index is -3.15. The molecule has 1 aromatic heterocycles. The van der Waals surface area contributed by atoms with Crippen LogP contribution >= 0.6 is 12.2 Å². The van der Waals surface area contributed by atoms with Gasteiger partial charge in [0.15, 0.2) is 9.84 Å². The van der Waals surface area contributed by atoms with E-state index in [0.717, 1.165) is 5.56 Å². The minimum Gasteiger partial charge on any atom is -0.238 e. The van der Waals surface area contributed by atoms with Crippen molar-refractivity contribution in [2.24, 2.45) is 0 Å². The zero-order chi connectivity index (χ0) is 12.5. The van der Waals surface area contributed by atoms with Crippen LogP contribution in [0.5, 0.6) is 0 Å². The Morgan fingerprint density at radius 3 is 2.47 bits per heavy atom. The lowest BCUT2D eigenvalue weighted by Gasteiger charge is -2.03. The van der Waals surface area contributed by atoms with Gasteiger partial charge in [0.05, 0.1) is 11.4 Å². The number of hydrogen-bond donors (Lipinski definition) is 1. The topological polar surface area (TPSA) is 80.6 Å². The molecule has 0 fully saturated rings. The van der Waals surface area contributed by atoms with Crippen molar-refractivity contribution in [2.75, 3.05) is 6.26 Å². The maximum atomic E-state index is 11.3. The number of rotatable bonds is 3. The van der Waals surface area contributed by atoms with E-state index >= 15 is 0 Å². The van der Waals surface area contributed by atoms with Crippen LogP contribution in [-0.4, -0.2) is 34.9 Å². The molecule has 0 radical (unpaired) electrons. The highest BCUT2D eigenvalue weighted by atomic mass is 32.2. The van der Waals surface area contributed by atoms with Crippen LogP contribution in [0, 0.1) is 4.77 Å². The summed E-state index contributed by atoms with van der Waals surface area (Å²) < 4.78 is 24.5. The fraction of sp³-hybridized carbons (Fsp3) is 0.222. The predicted octanol–water partition coefficient (Wildman–Crippen LogP) is 0.787. The molecular formula is C9H10N4O2S2. The highest BCUT2D eigenvalue weighted by molar-refractivity contribution is 7.90. The summed E-state index contributed by atoms with van der Waals surface area (Å²) in [4.78, 5) is 0.299. The molecule has 8 heteroatoms. The quantitative estimate of drug-likeness (QED) is 0.834. The second kappa shape index (κ2) is 4.38. The van der Waals surface area contributed by atoms with E-state index in [-0.39, 0.29) is 0 Å². The van der Waals surface area contributed by atoms with Crippen LogP contribution in [0.4, 0.5) is 0 Å². The lowest BCUT2D eigenvalue weighted by atomic mass is 10.2. The molecule has 90 valence electrons. The van der Waals surface area contributed by atoms with Crippen molar-refractivity contribution < 1.29 is 8.42 Å². The number of tetrazole rings is 1. The Hall–Kier alpha value is -1.54. The average Bonchev–Trinajstić information content (AvgIpc) is 2.64. The van der Waals surface area contributed by atoms with E-state index in [0.29, 0.717) is 16.2 Å². The molecule has 1 heterocycles. The van der Waals surface area contributed by atoms with Gasteiger partial charge < -0.3 is 0 Å². The summed E-state index contributed by atoms with van der Waals surface area (Å²) in [6.45, 7) is 0.482. The smallest absolute Gasteiger partial charge is 0.238 e. The fourth-order valence-corrected chi connectivity index (χ4v) is 2.12. The van der Waals surface area contributed by atoms with E-state index in [1.165, 1.54) is 6.26 Å². The van der Waals surface area contributed by atoms with E-state index in [2.05, 4.69) is 15.5 Å². The van der Waals surface area contributed by atoms with Gasteiger partial charge in [-0.15, -0.1) is 0 Å². The Kier molecular flexibility index (Phi) is 3.07. The first-order valence-electron chi connectivity index (χ1n) is 4.74. The Morgan fingerprint density at radius 2 is 2.00 bits per heavy atom. The van der Waals surface area contributed by atoms with Crippen LogP contribution in [-0.2, 0) is 16.4 Å². The van der Waals surface area contributed by atoms with E-state index in [9.17, 15) is 8.42 Å². The molecule has 0 aliphatic heterocycles. The van der Waals surface area contributed by atoms with Gasteiger partial charge in [0.25, 0.3) is 0 Å². The lowest BCUT2D eigenvalue weighted by molar-refractivity contribution is 0.601. The summed E-state index contributed by atoms with van der Waals surface area (Å²) in [5.41, 5.74) is 0.916. The van der Waals surface area contributed by atoms with E-state index in [4.69, 9.17) is 12.2 Å². The third-order valence-corrected chi connectivity index (χ3v) is 3.65. The van der Waals surface area contributed by atoms with Crippen molar-refractivity contribution in [3.05, 3.63) is 34.6 Å². The Balaban J connectivity index is 2.26. The number of benzene rings is 1. The summed E-state index contributed by atoms with van der Waals surface area (Å²) >= 11 is 4.93. The van der Waals surface area contributed by atoms with Gasteiger partial charge in [-0.3, -0.25) is 0 Å². The first-order valence-corrected chi connectivity index (χ1v) is 7.04. The molecule has 1 aromatic carbocycles. The third-order valence-electron chi connectivity index (χ3n) is 2.22. The molecule has 0 saturated carbocycles. The Bertz CT molecular complexity index is 670. The average molecular weight is 270 g/mol. The van der Waals surface area contributed by atoms with Crippen LogP contribution in [0.3, 0.4) is 0 Å². The molecule has 2 aromatic rings. The number of sulfone groups is 1. The number of hydrogen-bond acceptors (Lipinski definition) is 5. The third kappa shape index (κ3) is 2.77. The molecule has 17 heavy (non-hydrogen) atoms.